The highest BCUT2D eigenvalue weighted by atomic mass is 16.2. The van der Waals surface area contributed by atoms with Crippen molar-refractivity contribution < 1.29 is 14.4 Å². The van der Waals surface area contributed by atoms with Crippen LogP contribution in [0.2, 0.25) is 0 Å². The molecule has 0 unspecified atom stereocenters. The maximum absolute atomic E-state index is 12.9. The molecule has 3 aromatic carbocycles. The van der Waals surface area contributed by atoms with Crippen molar-refractivity contribution in [2.75, 3.05) is 0 Å². The molecule has 0 aliphatic carbocycles. The first kappa shape index (κ1) is 19.7. The van der Waals surface area contributed by atoms with E-state index in [2.05, 4.69) is 0 Å². The molecule has 4 heteroatoms. The van der Waals surface area contributed by atoms with E-state index < -0.39 is 17.7 Å². The molecule has 3 amide bonds. The van der Waals surface area contributed by atoms with E-state index in [9.17, 15) is 14.4 Å². The number of carbonyl (C=O) groups is 3. The highest BCUT2D eigenvalue weighted by Crippen LogP contribution is 2.10. The van der Waals surface area contributed by atoms with Gasteiger partial charge in [-0.1, -0.05) is 78.9 Å². The number of nitrogens with zero attached hydrogens (tertiary/aromatic N) is 1. The number of carbonyl (C=O) groups excluding carboxylic acids is 3. The van der Waals surface area contributed by atoms with Crippen LogP contribution in [-0.4, -0.2) is 22.6 Å². The second-order valence-corrected chi connectivity index (χ2v) is 6.17. The third-order valence-corrected chi connectivity index (χ3v) is 4.10. The summed E-state index contributed by atoms with van der Waals surface area (Å²) in [5.74, 6) is -2.08. The summed E-state index contributed by atoms with van der Waals surface area (Å²) >= 11 is 0. The third kappa shape index (κ3) is 5.47. The Kier molecular flexibility index (Phi) is 6.63. The average Bonchev–Trinajstić information content (AvgIpc) is 2.78. The summed E-state index contributed by atoms with van der Waals surface area (Å²) in [6, 6.07) is 26.6. The lowest BCUT2D eigenvalue weighted by Gasteiger charge is -2.16. The van der Waals surface area contributed by atoms with Gasteiger partial charge in [-0.3, -0.25) is 14.4 Å². The summed E-state index contributed by atoms with van der Waals surface area (Å²) in [6.07, 6.45) is 5.60. The Balaban J connectivity index is 1.87. The lowest BCUT2D eigenvalue weighted by atomic mass is 10.1. The van der Waals surface area contributed by atoms with E-state index in [0.29, 0.717) is 4.90 Å². The summed E-state index contributed by atoms with van der Waals surface area (Å²) < 4.78 is 0. The second-order valence-electron chi connectivity index (χ2n) is 6.17. The Morgan fingerprint density at radius 1 is 0.552 bits per heavy atom. The van der Waals surface area contributed by atoms with E-state index in [1.54, 1.807) is 42.5 Å². The number of amides is 3. The molecule has 0 aromatic heterocycles. The summed E-state index contributed by atoms with van der Waals surface area (Å²) in [7, 11) is 0. The van der Waals surface area contributed by atoms with Crippen LogP contribution in [0.15, 0.2) is 103 Å². The average molecular weight is 381 g/mol. The van der Waals surface area contributed by atoms with Gasteiger partial charge in [-0.25, -0.2) is 4.90 Å². The van der Waals surface area contributed by atoms with Gasteiger partial charge in [0.2, 0.25) is 0 Å². The quantitative estimate of drug-likeness (QED) is 0.607. The van der Waals surface area contributed by atoms with Crippen molar-refractivity contribution in [3.63, 3.8) is 0 Å². The Labute approximate surface area is 169 Å². The van der Waals surface area contributed by atoms with Crippen LogP contribution in [0, 0.1) is 0 Å². The standard InChI is InChI=1S/C25H19NO3/c27-23(18-16-20-10-4-1-5-11-20)26(25(29)22-14-8-3-9-15-22)24(28)19-17-21-12-6-2-7-13-21/h1-19H/b18-16-,19-17-. The van der Waals surface area contributed by atoms with Crippen LogP contribution in [0.1, 0.15) is 21.5 Å². The smallest absolute Gasteiger partial charge is 0.267 e. The minimum absolute atomic E-state index is 0.260. The maximum atomic E-state index is 12.9. The first-order valence-electron chi connectivity index (χ1n) is 9.09. The zero-order valence-electron chi connectivity index (χ0n) is 15.6. The molecule has 4 nitrogen and oxygen atoms in total. The Bertz CT molecular complexity index is 978. The minimum Gasteiger partial charge on any atom is -0.269 e. The number of hydrogen-bond donors (Lipinski definition) is 0. The molecule has 3 aromatic rings. The van der Waals surface area contributed by atoms with E-state index in [4.69, 9.17) is 0 Å². The fourth-order valence-corrected chi connectivity index (χ4v) is 2.63. The molecule has 0 saturated heterocycles. The van der Waals surface area contributed by atoms with E-state index in [1.165, 1.54) is 12.2 Å². The van der Waals surface area contributed by atoms with Gasteiger partial charge >= 0.3 is 0 Å². The van der Waals surface area contributed by atoms with Crippen molar-refractivity contribution in [3.05, 3.63) is 120 Å². The van der Waals surface area contributed by atoms with Gasteiger partial charge in [-0.15, -0.1) is 0 Å². The van der Waals surface area contributed by atoms with Gasteiger partial charge in [-0.05, 0) is 35.4 Å². The van der Waals surface area contributed by atoms with Crippen LogP contribution in [0.4, 0.5) is 0 Å². The highest BCUT2D eigenvalue weighted by Gasteiger charge is 2.26. The minimum atomic E-state index is -0.703. The molecule has 142 valence electrons. The van der Waals surface area contributed by atoms with E-state index >= 15 is 0 Å². The number of rotatable bonds is 5. The van der Waals surface area contributed by atoms with Crippen molar-refractivity contribution >= 4 is 29.9 Å². The molecular weight excluding hydrogens is 362 g/mol. The number of imide groups is 3. The van der Waals surface area contributed by atoms with Gasteiger partial charge in [0.1, 0.15) is 0 Å². The lowest BCUT2D eigenvalue weighted by molar-refractivity contribution is -0.135. The molecule has 0 aliphatic rings. The predicted molar refractivity (Wildman–Crippen MR) is 114 cm³/mol. The molecule has 0 fully saturated rings. The molecule has 3 rings (SSSR count). The van der Waals surface area contributed by atoms with Crippen molar-refractivity contribution in [1.29, 1.82) is 0 Å². The largest absolute Gasteiger partial charge is 0.269 e. The van der Waals surface area contributed by atoms with E-state index in [1.807, 2.05) is 60.7 Å². The van der Waals surface area contributed by atoms with Crippen LogP contribution in [0.5, 0.6) is 0 Å². The zero-order valence-corrected chi connectivity index (χ0v) is 15.6. The third-order valence-electron chi connectivity index (χ3n) is 4.10. The molecule has 0 atom stereocenters. The van der Waals surface area contributed by atoms with Gasteiger partial charge in [0, 0.05) is 17.7 Å². The fraction of sp³-hybridized carbons (Fsp3) is 0. The maximum Gasteiger partial charge on any atom is 0.267 e. The molecule has 0 saturated carbocycles. The Morgan fingerprint density at radius 2 is 0.931 bits per heavy atom. The van der Waals surface area contributed by atoms with Gasteiger partial charge in [-0.2, -0.15) is 0 Å². The molecule has 0 bridgehead atoms. The van der Waals surface area contributed by atoms with Gasteiger partial charge in [0.05, 0.1) is 0 Å². The van der Waals surface area contributed by atoms with Crippen molar-refractivity contribution in [2.45, 2.75) is 0 Å². The summed E-state index contributed by atoms with van der Waals surface area (Å²) in [6.45, 7) is 0. The van der Waals surface area contributed by atoms with Gasteiger partial charge in [0.15, 0.2) is 0 Å². The molecule has 0 radical (unpaired) electrons. The van der Waals surface area contributed by atoms with Crippen LogP contribution < -0.4 is 0 Å². The molecule has 0 aliphatic heterocycles. The van der Waals surface area contributed by atoms with Crippen molar-refractivity contribution in [1.82, 2.24) is 4.90 Å². The lowest BCUT2D eigenvalue weighted by Crippen LogP contribution is -2.40. The van der Waals surface area contributed by atoms with Gasteiger partial charge < -0.3 is 0 Å². The molecule has 0 N–H and O–H groups in total. The second kappa shape index (κ2) is 9.76. The van der Waals surface area contributed by atoms with E-state index in [-0.39, 0.29) is 5.56 Å². The summed E-state index contributed by atoms with van der Waals surface area (Å²) in [5.41, 5.74) is 1.84. The summed E-state index contributed by atoms with van der Waals surface area (Å²) in [4.78, 5) is 39.0. The highest BCUT2D eigenvalue weighted by molar-refractivity contribution is 6.22. The molecular formula is C25H19NO3. The fourth-order valence-electron chi connectivity index (χ4n) is 2.63. The molecule has 0 spiro atoms. The summed E-state index contributed by atoms with van der Waals surface area (Å²) in [5, 5.41) is 0. The Morgan fingerprint density at radius 3 is 1.34 bits per heavy atom. The number of benzene rings is 3. The van der Waals surface area contributed by atoms with Crippen LogP contribution in [0.3, 0.4) is 0 Å². The molecule has 29 heavy (non-hydrogen) atoms. The topological polar surface area (TPSA) is 54.5 Å². The number of hydrogen-bond acceptors (Lipinski definition) is 3. The van der Waals surface area contributed by atoms with E-state index in [0.717, 1.165) is 11.1 Å². The van der Waals surface area contributed by atoms with Crippen LogP contribution >= 0.6 is 0 Å². The molecule has 0 heterocycles. The van der Waals surface area contributed by atoms with Crippen molar-refractivity contribution in [3.8, 4) is 0 Å². The predicted octanol–water partition coefficient (Wildman–Crippen LogP) is 4.61. The Hall–Kier alpha value is -4.05. The zero-order chi connectivity index (χ0) is 20.5. The van der Waals surface area contributed by atoms with Gasteiger partial charge in [0.25, 0.3) is 17.7 Å². The SMILES string of the molecule is O=C(/C=C\c1ccccc1)N(C(=O)/C=C\c1ccccc1)C(=O)c1ccccc1. The van der Waals surface area contributed by atoms with Crippen LogP contribution in [0.25, 0.3) is 12.2 Å². The normalized spacial score (nSPS) is 10.9. The van der Waals surface area contributed by atoms with Crippen LogP contribution in [-0.2, 0) is 9.59 Å². The first-order valence-corrected chi connectivity index (χ1v) is 9.09. The van der Waals surface area contributed by atoms with Crippen molar-refractivity contribution in [2.24, 2.45) is 0 Å². The first-order chi connectivity index (χ1) is 14.1. The monoisotopic (exact) mass is 381 g/mol.